The lowest BCUT2D eigenvalue weighted by molar-refractivity contribution is -0.276. The number of ether oxygens (including phenoxy) is 2. The molecule has 13 aliphatic rings. The number of aliphatic hydroxyl groups is 9. The van der Waals surface area contributed by atoms with E-state index in [0.29, 0.717) is 74.5 Å². The average molecular weight is 1210 g/mol. The van der Waals surface area contributed by atoms with E-state index >= 15 is 9.90 Å². The lowest BCUT2D eigenvalue weighted by Gasteiger charge is -2.69. The van der Waals surface area contributed by atoms with Crippen molar-refractivity contribution in [3.05, 3.63) is 59.1 Å². The van der Waals surface area contributed by atoms with Crippen LogP contribution < -0.4 is 21.7 Å². The fourth-order valence-electron chi connectivity index (χ4n) is 22.9. The van der Waals surface area contributed by atoms with Crippen LogP contribution in [0.25, 0.3) is 0 Å². The number of hydrogen-bond donors (Lipinski definition) is 13. The molecule has 9 fully saturated rings. The maximum absolute atomic E-state index is 16.5. The molecule has 8 saturated carbocycles. The third kappa shape index (κ3) is 10.7. The molecule has 1 saturated heterocycles. The number of fused-ring (bicyclic) bond motifs is 6. The smallest absolute Gasteiger partial charge is 0.182 e. The standard InChI is InChI=1S/C71H110N4O12/c1-3-9-41-16-20-49-57(22-17-41)87-65-60(49)53(77)13-7-28-71(65,85)66(2,82)58-25-30-70(84)61-62(74-39-56(80)43-10-5-4-6-11-43)63(81)50-36-54(78)55(79)38-67(50)37-45(48-21-23-59(72)75-51(48)12-8-32-76)24-29-68(83,64(61)67)40-69(58,70)46-18-14-42(15-19-46)27-33-86-47-34-44-26-31-73-52(44)35-47/h21,23-24,26,29,31,41-47,49-50,52-60,64-65,73-80,82-85H,3-20,22,25,27-28,30,32-40,72H2,1-2H3/t41-,42?,44-,45-,46?,47-,49-,50+,52+,53+,54-,55+,56+,57-,58-,59?,60-,64+,65-,66-,67+,68-,69+,70-,71-/m1/s1. The monoisotopic (exact) mass is 1210 g/mol. The molecule has 1 spiro atoms. The van der Waals surface area contributed by atoms with Gasteiger partial charge >= 0.3 is 0 Å². The first-order chi connectivity index (χ1) is 41.8. The van der Waals surface area contributed by atoms with E-state index in [1.165, 1.54) is 0 Å². The number of allylic oxidation sites excluding steroid dienone is 5. The summed E-state index contributed by atoms with van der Waals surface area (Å²) in [5.74, 6) is -2.75. The van der Waals surface area contributed by atoms with Gasteiger partial charge in [-0.3, -0.25) is 4.79 Å². The van der Waals surface area contributed by atoms with Gasteiger partial charge in [0.2, 0.25) is 0 Å². The molecule has 14 N–H and O–H groups in total. The van der Waals surface area contributed by atoms with Crippen LogP contribution in [-0.4, -0.2) is 149 Å². The van der Waals surface area contributed by atoms with Gasteiger partial charge in [0.15, 0.2) is 5.78 Å². The van der Waals surface area contributed by atoms with Gasteiger partial charge in [0.1, 0.15) is 5.60 Å². The van der Waals surface area contributed by atoms with Crippen molar-refractivity contribution in [2.75, 3.05) is 19.8 Å². The summed E-state index contributed by atoms with van der Waals surface area (Å²) in [6.07, 6.45) is 26.3. The summed E-state index contributed by atoms with van der Waals surface area (Å²) in [7, 11) is 0. The van der Waals surface area contributed by atoms with E-state index in [2.05, 4.69) is 41.2 Å². The Morgan fingerprint density at radius 1 is 0.862 bits per heavy atom. The Hall–Kier alpha value is -2.71. The van der Waals surface area contributed by atoms with E-state index in [4.69, 9.17) is 15.2 Å². The molecule has 0 amide bonds. The molecule has 0 aromatic carbocycles. The molecular weight excluding hydrogens is 1100 g/mol. The maximum Gasteiger partial charge on any atom is 0.182 e. The first-order valence-corrected chi connectivity index (χ1v) is 35.4. The summed E-state index contributed by atoms with van der Waals surface area (Å²) in [5, 5.41) is 128. The zero-order valence-corrected chi connectivity index (χ0v) is 52.5. The highest BCUT2D eigenvalue weighted by Gasteiger charge is 2.80. The van der Waals surface area contributed by atoms with E-state index < -0.39 is 99.5 Å². The number of nitrogens with one attached hydrogen (secondary N) is 3. The molecule has 0 bridgehead atoms. The van der Waals surface area contributed by atoms with Crippen LogP contribution >= 0.6 is 0 Å². The Bertz CT molecular complexity index is 2650. The van der Waals surface area contributed by atoms with Gasteiger partial charge in [-0.25, -0.2) is 0 Å². The average Bonchev–Trinajstić information content (AvgIpc) is 1.62. The van der Waals surface area contributed by atoms with Crippen LogP contribution in [-0.2, 0) is 14.3 Å². The summed E-state index contributed by atoms with van der Waals surface area (Å²) >= 11 is 0. The van der Waals surface area contributed by atoms with Gasteiger partial charge < -0.3 is 77.1 Å². The second kappa shape index (κ2) is 24.6. The highest BCUT2D eigenvalue weighted by Crippen LogP contribution is 2.77. The van der Waals surface area contributed by atoms with E-state index in [0.717, 1.165) is 114 Å². The number of dihydropyridines is 1. The molecule has 23 atom stereocenters. The zero-order valence-electron chi connectivity index (χ0n) is 52.5. The molecule has 486 valence electrons. The van der Waals surface area contributed by atoms with Crippen molar-refractivity contribution < 1.29 is 60.2 Å². The van der Waals surface area contributed by atoms with Crippen LogP contribution in [0.5, 0.6) is 0 Å². The minimum Gasteiger partial charge on any atom is -0.396 e. The third-order valence-electron chi connectivity index (χ3n) is 27.0. The fourth-order valence-corrected chi connectivity index (χ4v) is 22.9. The van der Waals surface area contributed by atoms with E-state index in [1.54, 1.807) is 6.92 Å². The molecule has 3 aliphatic heterocycles. The minimum atomic E-state index is -1.97. The van der Waals surface area contributed by atoms with Crippen LogP contribution in [0.3, 0.4) is 0 Å². The molecule has 3 heterocycles. The van der Waals surface area contributed by atoms with Crippen molar-refractivity contribution in [3.63, 3.8) is 0 Å². The zero-order chi connectivity index (χ0) is 60.8. The number of ketones is 1. The topological polar surface area (TPSA) is 280 Å². The molecule has 10 aliphatic carbocycles. The molecular formula is C71H110N4O12. The van der Waals surface area contributed by atoms with Crippen LogP contribution in [0, 0.1) is 75.9 Å². The van der Waals surface area contributed by atoms with Crippen LogP contribution in [0.4, 0.5) is 0 Å². The number of rotatable bonds is 17. The number of carbonyl (C=O) groups excluding carboxylic acids is 1. The van der Waals surface area contributed by atoms with E-state index in [-0.39, 0.29) is 99.5 Å². The van der Waals surface area contributed by atoms with Crippen molar-refractivity contribution in [1.82, 2.24) is 16.0 Å². The summed E-state index contributed by atoms with van der Waals surface area (Å²) in [6.45, 7) is 4.67. The minimum absolute atomic E-state index is 0.00790. The van der Waals surface area contributed by atoms with Crippen LogP contribution in [0.1, 0.15) is 200 Å². The Morgan fingerprint density at radius 2 is 1.63 bits per heavy atom. The first kappa shape index (κ1) is 63.1. The van der Waals surface area contributed by atoms with E-state index in [1.807, 2.05) is 18.2 Å². The predicted molar refractivity (Wildman–Crippen MR) is 330 cm³/mol. The van der Waals surface area contributed by atoms with Gasteiger partial charge in [-0.2, -0.15) is 0 Å². The van der Waals surface area contributed by atoms with Gasteiger partial charge in [0, 0.05) is 66.5 Å². The Morgan fingerprint density at radius 3 is 2.40 bits per heavy atom. The maximum atomic E-state index is 16.5. The first-order valence-electron chi connectivity index (χ1n) is 35.4. The van der Waals surface area contributed by atoms with E-state index in [9.17, 15) is 40.9 Å². The largest absolute Gasteiger partial charge is 0.396 e. The number of hydrogen-bond acceptors (Lipinski definition) is 16. The molecule has 0 aromatic heterocycles. The number of aliphatic hydroxyl groups excluding tert-OH is 5. The molecule has 13 rings (SSSR count). The molecule has 1 unspecified atom stereocenters. The summed E-state index contributed by atoms with van der Waals surface area (Å²) < 4.78 is 13.9. The van der Waals surface area contributed by atoms with Crippen molar-refractivity contribution >= 4 is 5.78 Å². The van der Waals surface area contributed by atoms with Gasteiger partial charge in [-0.05, 0) is 206 Å². The normalized spacial score (nSPS) is 47.9. The van der Waals surface area contributed by atoms with Crippen molar-refractivity contribution in [2.24, 2.45) is 81.7 Å². The van der Waals surface area contributed by atoms with Crippen molar-refractivity contribution in [2.45, 2.75) is 277 Å². The van der Waals surface area contributed by atoms with Crippen molar-refractivity contribution in [1.29, 1.82) is 0 Å². The van der Waals surface area contributed by atoms with Gasteiger partial charge in [-0.15, -0.1) is 0 Å². The Kier molecular flexibility index (Phi) is 17.9. The van der Waals surface area contributed by atoms with Crippen LogP contribution in [0.15, 0.2) is 59.1 Å². The third-order valence-corrected chi connectivity index (χ3v) is 27.0. The molecule has 87 heavy (non-hydrogen) atoms. The Labute approximate surface area is 517 Å². The number of Topliss-reactive ketones (excluding diaryl/α,β-unsaturated/α-hetero) is 1. The summed E-state index contributed by atoms with van der Waals surface area (Å²) in [5.41, 5.74) is -1.30. The number of nitrogens with two attached hydrogens (primary N) is 1. The molecule has 16 heteroatoms. The van der Waals surface area contributed by atoms with Crippen LogP contribution in [0.2, 0.25) is 0 Å². The quantitative estimate of drug-likeness (QED) is 0.0661. The highest BCUT2D eigenvalue weighted by molar-refractivity contribution is 6.00. The number of carbonyl (C=O) groups is 1. The second-order valence-corrected chi connectivity index (χ2v) is 31.4. The lowest BCUT2D eigenvalue weighted by atomic mass is 9.37. The Balaban J connectivity index is 0.955. The highest BCUT2D eigenvalue weighted by atomic mass is 16.5. The summed E-state index contributed by atoms with van der Waals surface area (Å²) in [6, 6.07) is 0.438. The predicted octanol–water partition coefficient (Wildman–Crippen LogP) is 6.89. The second-order valence-electron chi connectivity index (χ2n) is 31.4. The van der Waals surface area contributed by atoms with Gasteiger partial charge in [0.25, 0.3) is 0 Å². The molecule has 16 nitrogen and oxygen atoms in total. The molecule has 0 radical (unpaired) electrons. The van der Waals surface area contributed by atoms with Gasteiger partial charge in [0.05, 0.1) is 71.4 Å². The fraction of sp³-hybridized carbons (Fsp3) is 0.845. The summed E-state index contributed by atoms with van der Waals surface area (Å²) in [4.78, 5) is 16.5. The molecule has 0 aromatic rings. The van der Waals surface area contributed by atoms with Crippen molar-refractivity contribution in [3.8, 4) is 0 Å². The SMILES string of the molecule is CCC[C@@H]1CC[C@H]2[C@H]3[C@@H](O[C@@H]2CC1)[C@@](O)([C@](C)(O)[C@H]1CC[C@@]2(O)C4=C(NC[C@H](O)C5CCCCC5)C(=O)[C@@H]5C[C@@H](O)[C@@H](O)C[C@@]56C[C@H](C5=C(CCCO)NC(N)C=C5)C=C[C@@](O)(C[C@]12C1CCC(CCO[C@@H]2C[C@H]5C=CN[C@H]5C2)CC1)[C@@H]46)CCC[C@@H]3O. The van der Waals surface area contributed by atoms with Gasteiger partial charge in [-0.1, -0.05) is 82.6 Å². The lowest BCUT2D eigenvalue weighted by Crippen LogP contribution is -2.74.